The number of carbonyl (C=O) groups excluding carboxylic acids is 1. The molecule has 1 amide bonds. The van der Waals surface area contributed by atoms with E-state index in [9.17, 15) is 4.79 Å². The van der Waals surface area contributed by atoms with Gasteiger partial charge < -0.3 is 20.7 Å². The van der Waals surface area contributed by atoms with Gasteiger partial charge in [-0.3, -0.25) is 4.99 Å². The summed E-state index contributed by atoms with van der Waals surface area (Å²) in [6, 6.07) is 21.0. The van der Waals surface area contributed by atoms with Gasteiger partial charge in [0.25, 0.3) is 0 Å². The van der Waals surface area contributed by atoms with Crippen molar-refractivity contribution in [3.8, 4) is 0 Å². The number of nitrogens with two attached hydrogens (primary N) is 1. The highest BCUT2D eigenvalue weighted by Crippen LogP contribution is 2.24. The molecule has 1 aliphatic heterocycles. The van der Waals surface area contributed by atoms with Crippen LogP contribution in [-0.4, -0.2) is 49.2 Å². The maximum absolute atomic E-state index is 11.8. The van der Waals surface area contributed by atoms with Gasteiger partial charge in [-0.2, -0.15) is 0 Å². The fourth-order valence-corrected chi connectivity index (χ4v) is 3.64. The molecule has 2 aromatic carbocycles. The van der Waals surface area contributed by atoms with E-state index in [0.717, 1.165) is 12.8 Å². The third kappa shape index (κ3) is 6.90. The van der Waals surface area contributed by atoms with Gasteiger partial charge in [0, 0.05) is 25.0 Å². The van der Waals surface area contributed by atoms with E-state index in [1.165, 1.54) is 11.1 Å². The van der Waals surface area contributed by atoms with Crippen LogP contribution in [-0.2, 0) is 4.74 Å². The van der Waals surface area contributed by atoms with Crippen molar-refractivity contribution in [1.82, 2.24) is 10.2 Å². The van der Waals surface area contributed by atoms with Gasteiger partial charge in [0.2, 0.25) is 0 Å². The van der Waals surface area contributed by atoms with Gasteiger partial charge in [-0.1, -0.05) is 60.7 Å². The zero-order valence-corrected chi connectivity index (χ0v) is 19.7. The highest BCUT2D eigenvalue weighted by Gasteiger charge is 2.23. The van der Waals surface area contributed by atoms with Crippen molar-refractivity contribution < 1.29 is 9.53 Å². The number of carbonyl (C=O) groups is 1. The molecule has 0 aromatic heterocycles. The predicted octanol–water partition coefficient (Wildman–Crippen LogP) is 3.96. The van der Waals surface area contributed by atoms with Crippen LogP contribution in [0.5, 0.6) is 0 Å². The summed E-state index contributed by atoms with van der Waals surface area (Å²) in [6.07, 6.45) is 1.42. The van der Waals surface area contributed by atoms with Crippen LogP contribution in [0.3, 0.4) is 0 Å². The number of piperidine rings is 1. The molecule has 0 aliphatic carbocycles. The van der Waals surface area contributed by atoms with Crippen LogP contribution in [0.15, 0.2) is 65.7 Å². The number of halogens is 1. The van der Waals surface area contributed by atoms with E-state index >= 15 is 0 Å². The maximum atomic E-state index is 11.8. The number of aliphatic imine (C=N–C) groups is 1. The molecule has 1 fully saturated rings. The standard InChI is InChI=1S/C23H30N4O2.HI/c1-2-29-23(28)27-15-13-20(14-16-27)26-22(24)25-17-21(18-9-5-3-6-10-18)19-11-7-4-8-12-19;/h3-12,20-21H,2,13-17H2,1H3,(H3,24,25,26);1H. The Bertz CT molecular complexity index is 754. The average Bonchev–Trinajstić information content (AvgIpc) is 2.76. The Morgan fingerprint density at radius 2 is 1.63 bits per heavy atom. The zero-order valence-electron chi connectivity index (χ0n) is 17.4. The van der Waals surface area contributed by atoms with Gasteiger partial charge in [0.1, 0.15) is 0 Å². The fraction of sp³-hybridized carbons (Fsp3) is 0.391. The average molecular weight is 522 g/mol. The van der Waals surface area contributed by atoms with E-state index in [0.29, 0.717) is 32.2 Å². The summed E-state index contributed by atoms with van der Waals surface area (Å²) < 4.78 is 5.06. The van der Waals surface area contributed by atoms with Crippen LogP contribution < -0.4 is 11.1 Å². The Morgan fingerprint density at radius 3 is 2.13 bits per heavy atom. The summed E-state index contributed by atoms with van der Waals surface area (Å²) in [5.41, 5.74) is 8.63. The fourth-order valence-electron chi connectivity index (χ4n) is 3.64. The van der Waals surface area contributed by atoms with E-state index in [1.807, 2.05) is 43.3 Å². The Balaban J connectivity index is 0.00000320. The lowest BCUT2D eigenvalue weighted by Gasteiger charge is -2.31. The summed E-state index contributed by atoms with van der Waals surface area (Å²) in [7, 11) is 0. The minimum atomic E-state index is -0.235. The highest BCUT2D eigenvalue weighted by atomic mass is 127. The molecule has 3 N–H and O–H groups in total. The van der Waals surface area contributed by atoms with Gasteiger partial charge in [0.05, 0.1) is 13.2 Å². The summed E-state index contributed by atoms with van der Waals surface area (Å²) >= 11 is 0. The Kier molecular flexibility index (Phi) is 9.93. The summed E-state index contributed by atoms with van der Waals surface area (Å²) in [6.45, 7) is 4.14. The first-order valence-electron chi connectivity index (χ1n) is 10.3. The number of guanidine groups is 1. The second-order valence-electron chi connectivity index (χ2n) is 7.20. The van der Waals surface area contributed by atoms with Crippen LogP contribution >= 0.6 is 24.0 Å². The quantitative estimate of drug-likeness (QED) is 0.342. The summed E-state index contributed by atoms with van der Waals surface area (Å²) in [4.78, 5) is 18.2. The molecule has 1 saturated heterocycles. The lowest BCUT2D eigenvalue weighted by atomic mass is 9.91. The van der Waals surface area contributed by atoms with Crippen LogP contribution in [0.4, 0.5) is 4.79 Å². The number of likely N-dealkylation sites (tertiary alicyclic amines) is 1. The number of ether oxygens (including phenoxy) is 1. The van der Waals surface area contributed by atoms with E-state index in [1.54, 1.807) is 4.90 Å². The van der Waals surface area contributed by atoms with Crippen molar-refractivity contribution in [2.75, 3.05) is 26.2 Å². The topological polar surface area (TPSA) is 80.0 Å². The van der Waals surface area contributed by atoms with E-state index in [4.69, 9.17) is 10.5 Å². The van der Waals surface area contributed by atoms with E-state index < -0.39 is 0 Å². The molecule has 0 bridgehead atoms. The molecule has 0 atom stereocenters. The molecular weight excluding hydrogens is 491 g/mol. The Labute approximate surface area is 195 Å². The number of amides is 1. The normalized spacial score (nSPS) is 14.9. The minimum absolute atomic E-state index is 0. The molecular formula is C23H31IN4O2. The molecule has 1 heterocycles. The molecule has 0 saturated carbocycles. The van der Waals surface area contributed by atoms with Gasteiger partial charge in [-0.25, -0.2) is 4.79 Å². The molecule has 0 spiro atoms. The van der Waals surface area contributed by atoms with Crippen molar-refractivity contribution in [1.29, 1.82) is 0 Å². The molecule has 7 heteroatoms. The number of hydrogen-bond acceptors (Lipinski definition) is 3. The second kappa shape index (κ2) is 12.4. The number of rotatable bonds is 6. The van der Waals surface area contributed by atoms with Gasteiger partial charge in [0.15, 0.2) is 5.96 Å². The minimum Gasteiger partial charge on any atom is -0.450 e. The molecule has 162 valence electrons. The smallest absolute Gasteiger partial charge is 0.409 e. The van der Waals surface area contributed by atoms with Gasteiger partial charge in [-0.05, 0) is 30.9 Å². The first-order chi connectivity index (χ1) is 14.2. The lowest BCUT2D eigenvalue weighted by Crippen LogP contribution is -2.48. The number of hydrogen-bond donors (Lipinski definition) is 2. The zero-order chi connectivity index (χ0) is 20.5. The van der Waals surface area contributed by atoms with Crippen molar-refractivity contribution >= 4 is 36.0 Å². The predicted molar refractivity (Wildman–Crippen MR) is 131 cm³/mol. The van der Waals surface area contributed by atoms with Crippen LogP contribution in [0.2, 0.25) is 0 Å². The SMILES string of the molecule is CCOC(=O)N1CCC(NC(N)=NCC(c2ccccc2)c2ccccc2)CC1.I. The number of benzene rings is 2. The Hall–Kier alpha value is -2.29. The molecule has 30 heavy (non-hydrogen) atoms. The molecule has 1 aliphatic rings. The lowest BCUT2D eigenvalue weighted by molar-refractivity contribution is 0.0963. The van der Waals surface area contributed by atoms with E-state index in [-0.39, 0.29) is 42.0 Å². The second-order valence-corrected chi connectivity index (χ2v) is 7.20. The van der Waals surface area contributed by atoms with E-state index in [2.05, 4.69) is 34.6 Å². The summed E-state index contributed by atoms with van der Waals surface area (Å²) in [5.74, 6) is 0.611. The Morgan fingerprint density at radius 1 is 1.10 bits per heavy atom. The maximum Gasteiger partial charge on any atom is 0.409 e. The third-order valence-electron chi connectivity index (χ3n) is 5.22. The third-order valence-corrected chi connectivity index (χ3v) is 5.22. The molecule has 0 radical (unpaired) electrons. The number of nitrogens with zero attached hydrogens (tertiary/aromatic N) is 2. The first kappa shape index (κ1) is 24.0. The molecule has 3 rings (SSSR count). The molecule has 0 unspecified atom stereocenters. The first-order valence-corrected chi connectivity index (χ1v) is 10.3. The van der Waals surface area contributed by atoms with Crippen LogP contribution in [0.1, 0.15) is 36.8 Å². The summed E-state index contributed by atoms with van der Waals surface area (Å²) in [5, 5.41) is 3.32. The van der Waals surface area contributed by atoms with Gasteiger partial charge >= 0.3 is 6.09 Å². The van der Waals surface area contributed by atoms with Crippen molar-refractivity contribution in [2.45, 2.75) is 31.7 Å². The molecule has 6 nitrogen and oxygen atoms in total. The van der Waals surface area contributed by atoms with Crippen LogP contribution in [0.25, 0.3) is 0 Å². The van der Waals surface area contributed by atoms with Crippen LogP contribution in [0, 0.1) is 0 Å². The van der Waals surface area contributed by atoms with Crippen molar-refractivity contribution in [2.24, 2.45) is 10.7 Å². The van der Waals surface area contributed by atoms with Gasteiger partial charge in [-0.15, -0.1) is 24.0 Å². The van der Waals surface area contributed by atoms with Crippen molar-refractivity contribution in [3.63, 3.8) is 0 Å². The highest BCUT2D eigenvalue weighted by molar-refractivity contribution is 14.0. The monoisotopic (exact) mass is 522 g/mol. The largest absolute Gasteiger partial charge is 0.450 e. The number of nitrogens with one attached hydrogen (secondary N) is 1. The molecule has 2 aromatic rings. The van der Waals surface area contributed by atoms with Crippen molar-refractivity contribution in [3.05, 3.63) is 71.8 Å².